The van der Waals surface area contributed by atoms with Gasteiger partial charge in [0.05, 0.1) is 11.2 Å². The number of rotatable bonds is 4. The molecule has 0 aliphatic rings. The van der Waals surface area contributed by atoms with Gasteiger partial charge in [-0.15, -0.1) is 0 Å². The number of alkyl halides is 3. The van der Waals surface area contributed by atoms with Crippen molar-refractivity contribution in [2.24, 2.45) is 5.92 Å². The zero-order chi connectivity index (χ0) is 14.0. The molecule has 0 fully saturated rings. The molecule has 1 atom stereocenters. The van der Waals surface area contributed by atoms with E-state index in [1.807, 2.05) is 13.8 Å². The highest BCUT2D eigenvalue weighted by Crippen LogP contribution is 2.30. The van der Waals surface area contributed by atoms with Crippen LogP contribution in [0, 0.1) is 5.92 Å². The second-order valence-electron chi connectivity index (χ2n) is 5.47. The molecular weight excluding hydrogens is 241 g/mol. The van der Waals surface area contributed by atoms with Crippen molar-refractivity contribution in [2.75, 3.05) is 0 Å². The average Bonchev–Trinajstić information content (AvgIpc) is 2.13. The van der Waals surface area contributed by atoms with Crippen molar-refractivity contribution in [3.8, 4) is 0 Å². The van der Waals surface area contributed by atoms with Crippen molar-refractivity contribution < 1.29 is 18.3 Å². The summed E-state index contributed by atoms with van der Waals surface area (Å²) < 4.78 is 37.6. The smallest absolute Gasteiger partial charge is 0.390 e. The fraction of sp³-hybridized carbons (Fsp3) is 0.571. The quantitative estimate of drug-likeness (QED) is 0.866. The summed E-state index contributed by atoms with van der Waals surface area (Å²) in [7, 11) is 0. The first-order valence-electron chi connectivity index (χ1n) is 5.99. The van der Waals surface area contributed by atoms with Crippen LogP contribution < -0.4 is 0 Å². The molecule has 0 heterocycles. The second kappa shape index (κ2) is 5.31. The molecule has 1 rings (SSSR count). The van der Waals surface area contributed by atoms with E-state index >= 15 is 0 Å². The lowest BCUT2D eigenvalue weighted by Gasteiger charge is -2.25. The third kappa shape index (κ3) is 4.69. The molecule has 0 saturated carbocycles. The normalized spacial score (nSPS) is 15.8. The van der Waals surface area contributed by atoms with Crippen LogP contribution in [0.5, 0.6) is 0 Å². The van der Waals surface area contributed by atoms with Crippen LogP contribution in [0.4, 0.5) is 13.2 Å². The van der Waals surface area contributed by atoms with Crippen LogP contribution in [0.3, 0.4) is 0 Å². The molecule has 1 N–H and O–H groups in total. The maximum absolute atomic E-state index is 12.5. The maximum atomic E-state index is 12.5. The summed E-state index contributed by atoms with van der Waals surface area (Å²) in [4.78, 5) is 0. The number of halogens is 3. The first-order chi connectivity index (χ1) is 8.10. The predicted molar refractivity (Wildman–Crippen MR) is 65.2 cm³/mol. The molecule has 0 radical (unpaired) electrons. The Labute approximate surface area is 106 Å². The van der Waals surface area contributed by atoms with Crippen molar-refractivity contribution in [1.29, 1.82) is 0 Å². The van der Waals surface area contributed by atoms with Gasteiger partial charge in [0.15, 0.2) is 0 Å². The average molecular weight is 260 g/mol. The summed E-state index contributed by atoms with van der Waals surface area (Å²) in [6, 6.07) is 5.14. The molecule has 1 nitrogen and oxygen atoms in total. The molecule has 0 spiro atoms. The van der Waals surface area contributed by atoms with Gasteiger partial charge in [-0.25, -0.2) is 0 Å². The van der Waals surface area contributed by atoms with Crippen LogP contribution in [0.15, 0.2) is 24.3 Å². The number of benzene rings is 1. The molecule has 1 aromatic rings. The van der Waals surface area contributed by atoms with Gasteiger partial charge in [-0.1, -0.05) is 32.0 Å². The minimum absolute atomic E-state index is 0.231. The van der Waals surface area contributed by atoms with Crippen molar-refractivity contribution in [3.05, 3.63) is 35.4 Å². The van der Waals surface area contributed by atoms with E-state index in [0.717, 1.165) is 12.1 Å². The fourth-order valence-corrected chi connectivity index (χ4v) is 2.25. The predicted octanol–water partition coefficient (Wildman–Crippen LogP) is 4.05. The van der Waals surface area contributed by atoms with E-state index in [2.05, 4.69) is 0 Å². The standard InChI is InChI=1S/C14H19F3O/c1-10(2)8-13(3,18)9-11-5-4-6-12(7-11)14(15,16)17/h4-7,10,18H,8-9H2,1-3H3. The van der Waals surface area contributed by atoms with Gasteiger partial charge in [0.2, 0.25) is 0 Å². The molecule has 4 heteroatoms. The second-order valence-corrected chi connectivity index (χ2v) is 5.47. The minimum Gasteiger partial charge on any atom is -0.390 e. The maximum Gasteiger partial charge on any atom is 0.416 e. The highest BCUT2D eigenvalue weighted by molar-refractivity contribution is 5.26. The molecule has 0 aliphatic carbocycles. The molecule has 0 aromatic heterocycles. The summed E-state index contributed by atoms with van der Waals surface area (Å²) in [6.45, 7) is 5.61. The van der Waals surface area contributed by atoms with Crippen LogP contribution in [0.25, 0.3) is 0 Å². The van der Waals surface area contributed by atoms with E-state index in [1.165, 1.54) is 6.07 Å². The molecule has 0 amide bonds. The Morgan fingerprint density at radius 2 is 1.83 bits per heavy atom. The summed E-state index contributed by atoms with van der Waals surface area (Å²) in [5.41, 5.74) is -1.13. The van der Waals surface area contributed by atoms with Gasteiger partial charge in [0.25, 0.3) is 0 Å². The van der Waals surface area contributed by atoms with Gasteiger partial charge in [-0.2, -0.15) is 13.2 Å². The van der Waals surface area contributed by atoms with E-state index in [1.54, 1.807) is 13.0 Å². The Morgan fingerprint density at radius 1 is 1.22 bits per heavy atom. The lowest BCUT2D eigenvalue weighted by Crippen LogP contribution is -2.29. The Bertz CT molecular complexity index is 394. The Morgan fingerprint density at radius 3 is 2.33 bits per heavy atom. The summed E-state index contributed by atoms with van der Waals surface area (Å²) >= 11 is 0. The Hall–Kier alpha value is -1.03. The fourth-order valence-electron chi connectivity index (χ4n) is 2.25. The number of hydrogen-bond acceptors (Lipinski definition) is 1. The number of aliphatic hydroxyl groups is 1. The van der Waals surface area contributed by atoms with Gasteiger partial charge >= 0.3 is 6.18 Å². The van der Waals surface area contributed by atoms with Gasteiger partial charge in [0.1, 0.15) is 0 Å². The first kappa shape index (κ1) is 15.0. The van der Waals surface area contributed by atoms with Gasteiger partial charge in [-0.3, -0.25) is 0 Å². The van der Waals surface area contributed by atoms with Crippen molar-refractivity contribution in [2.45, 2.75) is 45.4 Å². The van der Waals surface area contributed by atoms with Crippen LogP contribution in [-0.4, -0.2) is 10.7 Å². The van der Waals surface area contributed by atoms with Gasteiger partial charge in [-0.05, 0) is 30.9 Å². The van der Waals surface area contributed by atoms with E-state index in [0.29, 0.717) is 17.9 Å². The molecule has 102 valence electrons. The van der Waals surface area contributed by atoms with Gasteiger partial charge < -0.3 is 5.11 Å². The zero-order valence-electron chi connectivity index (χ0n) is 10.9. The van der Waals surface area contributed by atoms with E-state index in [4.69, 9.17) is 0 Å². The summed E-state index contributed by atoms with van der Waals surface area (Å²) in [5, 5.41) is 10.2. The van der Waals surface area contributed by atoms with E-state index < -0.39 is 17.3 Å². The lowest BCUT2D eigenvalue weighted by atomic mass is 9.88. The minimum atomic E-state index is -4.33. The molecule has 0 aliphatic heterocycles. The van der Waals surface area contributed by atoms with Crippen molar-refractivity contribution in [1.82, 2.24) is 0 Å². The van der Waals surface area contributed by atoms with E-state index in [-0.39, 0.29) is 6.42 Å². The third-order valence-electron chi connectivity index (χ3n) is 2.69. The highest BCUT2D eigenvalue weighted by atomic mass is 19.4. The van der Waals surface area contributed by atoms with Crippen LogP contribution in [0.1, 0.15) is 38.3 Å². The topological polar surface area (TPSA) is 20.2 Å². The molecular formula is C14H19F3O. The van der Waals surface area contributed by atoms with Crippen LogP contribution in [-0.2, 0) is 12.6 Å². The Kier molecular flexibility index (Phi) is 4.43. The summed E-state index contributed by atoms with van der Waals surface area (Å²) in [5.74, 6) is 0.297. The van der Waals surface area contributed by atoms with Crippen molar-refractivity contribution in [3.63, 3.8) is 0 Å². The molecule has 1 unspecified atom stereocenters. The third-order valence-corrected chi connectivity index (χ3v) is 2.69. The molecule has 18 heavy (non-hydrogen) atoms. The zero-order valence-corrected chi connectivity index (χ0v) is 10.9. The van der Waals surface area contributed by atoms with Crippen LogP contribution >= 0.6 is 0 Å². The largest absolute Gasteiger partial charge is 0.416 e. The monoisotopic (exact) mass is 260 g/mol. The SMILES string of the molecule is CC(C)CC(C)(O)Cc1cccc(C(F)(F)F)c1. The molecule has 0 bridgehead atoms. The Balaban J connectivity index is 2.85. The molecule has 0 saturated heterocycles. The number of hydrogen-bond donors (Lipinski definition) is 1. The van der Waals surface area contributed by atoms with E-state index in [9.17, 15) is 18.3 Å². The van der Waals surface area contributed by atoms with Crippen molar-refractivity contribution >= 4 is 0 Å². The van der Waals surface area contributed by atoms with Crippen LogP contribution in [0.2, 0.25) is 0 Å². The molecule has 1 aromatic carbocycles. The lowest BCUT2D eigenvalue weighted by molar-refractivity contribution is -0.137. The highest BCUT2D eigenvalue weighted by Gasteiger charge is 2.31. The first-order valence-corrected chi connectivity index (χ1v) is 5.99. The summed E-state index contributed by atoms with van der Waals surface area (Å²) in [6.07, 6.45) is -3.54. The van der Waals surface area contributed by atoms with Gasteiger partial charge in [0, 0.05) is 6.42 Å².